The number of nitrogens with zero attached hydrogens (tertiary/aromatic N) is 4. The molecule has 140 valence electrons. The minimum atomic E-state index is -0.597. The van der Waals surface area contributed by atoms with Gasteiger partial charge >= 0.3 is 6.09 Å². The third-order valence-corrected chi connectivity index (χ3v) is 3.52. The number of amides is 1. The molecule has 0 aliphatic rings. The van der Waals surface area contributed by atoms with E-state index in [1.165, 1.54) is 18.5 Å². The van der Waals surface area contributed by atoms with Gasteiger partial charge in [-0.2, -0.15) is 10.5 Å². The normalized spacial score (nSPS) is 9.93. The van der Waals surface area contributed by atoms with Crippen molar-refractivity contribution in [1.82, 2.24) is 9.97 Å². The summed E-state index contributed by atoms with van der Waals surface area (Å²) in [6, 6.07) is 6.76. The summed E-state index contributed by atoms with van der Waals surface area (Å²) in [4.78, 5) is 19.0. The van der Waals surface area contributed by atoms with Gasteiger partial charge in [0, 0.05) is 10.7 Å². The van der Waals surface area contributed by atoms with Gasteiger partial charge in [-0.05, 0) is 48.8 Å². The number of ether oxygens (including phenoxy) is 1. The molecule has 2 heterocycles. The fraction of sp³-hybridized carbons (Fsp3) is 0.235. The summed E-state index contributed by atoms with van der Waals surface area (Å²) in [7, 11) is 0. The van der Waals surface area contributed by atoms with E-state index >= 15 is 0 Å². The molecule has 1 N–H and O–H groups in total. The van der Waals surface area contributed by atoms with Gasteiger partial charge in [-0.25, -0.2) is 14.8 Å². The zero-order valence-electron chi connectivity index (χ0n) is 14.5. The van der Waals surface area contributed by atoms with E-state index in [0.29, 0.717) is 10.7 Å². The second kappa shape index (κ2) is 10.1. The van der Waals surface area contributed by atoms with Crippen LogP contribution < -0.4 is 5.32 Å². The molecule has 0 saturated heterocycles. The topological polar surface area (TPSA) is 112 Å². The Balaban J connectivity index is 0.000000309. The molecule has 2 rings (SSSR count). The van der Waals surface area contributed by atoms with E-state index in [4.69, 9.17) is 38.5 Å². The van der Waals surface area contributed by atoms with Crippen LogP contribution in [0.1, 0.15) is 32.2 Å². The van der Waals surface area contributed by atoms with Crippen molar-refractivity contribution in [1.29, 1.82) is 10.5 Å². The number of nitrogens with one attached hydrogen (secondary N) is 1. The lowest BCUT2D eigenvalue weighted by Crippen LogP contribution is -2.27. The Labute approximate surface area is 175 Å². The molecule has 0 bridgehead atoms. The van der Waals surface area contributed by atoms with Crippen LogP contribution in [0, 0.1) is 22.7 Å². The summed E-state index contributed by atoms with van der Waals surface area (Å²) >= 11 is 14.6. The average molecular weight is 471 g/mol. The lowest BCUT2D eigenvalue weighted by molar-refractivity contribution is 0.0636. The first-order valence-electron chi connectivity index (χ1n) is 7.32. The van der Waals surface area contributed by atoms with E-state index in [-0.39, 0.29) is 16.4 Å². The number of hydrogen-bond donors (Lipinski definition) is 1. The van der Waals surface area contributed by atoms with Crippen LogP contribution in [-0.4, -0.2) is 21.7 Å². The number of anilines is 1. The van der Waals surface area contributed by atoms with Crippen LogP contribution in [0.25, 0.3) is 0 Å². The molecule has 2 aromatic rings. The fourth-order valence-electron chi connectivity index (χ4n) is 1.51. The highest BCUT2D eigenvalue weighted by Crippen LogP contribution is 2.19. The number of nitriles is 2. The van der Waals surface area contributed by atoms with Crippen LogP contribution in [-0.2, 0) is 4.74 Å². The van der Waals surface area contributed by atoms with Crippen molar-refractivity contribution in [2.45, 2.75) is 26.4 Å². The van der Waals surface area contributed by atoms with Crippen molar-refractivity contribution < 1.29 is 9.53 Å². The van der Waals surface area contributed by atoms with Crippen LogP contribution in [0.4, 0.5) is 10.5 Å². The molecule has 0 saturated carbocycles. The van der Waals surface area contributed by atoms with E-state index in [2.05, 4.69) is 31.2 Å². The monoisotopic (exact) mass is 469 g/mol. The van der Waals surface area contributed by atoms with Gasteiger partial charge in [0.15, 0.2) is 11.4 Å². The van der Waals surface area contributed by atoms with Gasteiger partial charge in [-0.15, -0.1) is 0 Å². The maximum absolute atomic E-state index is 11.4. The number of aromatic nitrogens is 2. The minimum Gasteiger partial charge on any atom is -0.444 e. The molecule has 0 aromatic carbocycles. The maximum atomic E-state index is 11.4. The summed E-state index contributed by atoms with van der Waals surface area (Å²) in [6.07, 6.45) is 2.28. The SMILES string of the molecule is CC(C)(C)OC(=O)Nc1cnc(C#N)c(Cl)c1.N#Cc1ncc(Br)cc1Cl. The second-order valence-corrected chi connectivity index (χ2v) is 7.62. The molecule has 10 heteroatoms. The van der Waals surface area contributed by atoms with Gasteiger partial charge in [0.2, 0.25) is 0 Å². The number of carbonyl (C=O) groups excluding carboxylic acids is 1. The van der Waals surface area contributed by atoms with E-state index in [1.807, 2.05) is 12.1 Å². The standard InChI is InChI=1S/C11H12ClN3O2.C6H2BrClN2/c1-11(2,3)17-10(16)15-7-4-8(12)9(5-13)14-6-7;7-4-1-5(8)6(2-9)10-3-4/h4,6H,1-3H3,(H,15,16);1,3H. The molecular weight excluding hydrogens is 457 g/mol. The number of carbonyl (C=O) groups is 1. The molecule has 7 nitrogen and oxygen atoms in total. The number of rotatable bonds is 1. The third-order valence-electron chi connectivity index (χ3n) is 2.51. The third kappa shape index (κ3) is 8.23. The van der Waals surface area contributed by atoms with E-state index in [9.17, 15) is 4.79 Å². The first-order valence-corrected chi connectivity index (χ1v) is 8.87. The predicted molar refractivity (Wildman–Crippen MR) is 105 cm³/mol. The summed E-state index contributed by atoms with van der Waals surface area (Å²) in [5.41, 5.74) is 0.169. The molecule has 2 aromatic heterocycles. The lowest BCUT2D eigenvalue weighted by atomic mass is 10.2. The molecular formula is C17H14BrCl2N5O2. The molecule has 0 radical (unpaired) electrons. The van der Waals surface area contributed by atoms with Gasteiger partial charge in [0.1, 0.15) is 17.7 Å². The lowest BCUT2D eigenvalue weighted by Gasteiger charge is -2.19. The van der Waals surface area contributed by atoms with E-state index < -0.39 is 11.7 Å². The second-order valence-electron chi connectivity index (χ2n) is 5.89. The first-order chi connectivity index (χ1) is 12.6. The Kier molecular flexibility index (Phi) is 8.45. The summed E-state index contributed by atoms with van der Waals surface area (Å²) in [5.74, 6) is 0. The van der Waals surface area contributed by atoms with Gasteiger partial charge in [-0.1, -0.05) is 23.2 Å². The molecule has 0 aliphatic carbocycles. The number of pyridine rings is 2. The fourth-order valence-corrected chi connectivity index (χ4v) is 2.39. The Morgan fingerprint density at radius 1 is 1.11 bits per heavy atom. The summed E-state index contributed by atoms with van der Waals surface area (Å²) < 4.78 is 5.83. The van der Waals surface area contributed by atoms with Gasteiger partial charge < -0.3 is 4.74 Å². The predicted octanol–water partition coefficient (Wildman–Crippen LogP) is 5.32. The highest BCUT2D eigenvalue weighted by Gasteiger charge is 2.16. The first kappa shape index (κ1) is 22.7. The molecule has 0 unspecified atom stereocenters. The molecule has 0 spiro atoms. The van der Waals surface area contributed by atoms with Crippen LogP contribution in [0.2, 0.25) is 10.0 Å². The summed E-state index contributed by atoms with van der Waals surface area (Å²) in [5, 5.41) is 20.1. The average Bonchev–Trinajstić information content (AvgIpc) is 2.54. The van der Waals surface area contributed by atoms with Crippen molar-refractivity contribution >= 4 is 50.9 Å². The van der Waals surface area contributed by atoms with E-state index in [0.717, 1.165) is 4.47 Å². The van der Waals surface area contributed by atoms with Crippen molar-refractivity contribution in [2.24, 2.45) is 0 Å². The Hall–Kier alpha value is -2.39. The molecule has 1 amide bonds. The van der Waals surface area contributed by atoms with E-state index in [1.54, 1.807) is 26.8 Å². The quantitative estimate of drug-likeness (QED) is 0.603. The van der Waals surface area contributed by atoms with Crippen LogP contribution in [0.5, 0.6) is 0 Å². The highest BCUT2D eigenvalue weighted by molar-refractivity contribution is 9.10. The summed E-state index contributed by atoms with van der Waals surface area (Å²) in [6.45, 7) is 5.28. The van der Waals surface area contributed by atoms with Crippen molar-refractivity contribution in [3.05, 3.63) is 50.4 Å². The Bertz CT molecular complexity index is 917. The van der Waals surface area contributed by atoms with Crippen molar-refractivity contribution in [3.63, 3.8) is 0 Å². The smallest absolute Gasteiger partial charge is 0.412 e. The van der Waals surface area contributed by atoms with Crippen molar-refractivity contribution in [2.75, 3.05) is 5.32 Å². The Morgan fingerprint density at radius 2 is 1.63 bits per heavy atom. The zero-order chi connectivity index (χ0) is 20.6. The van der Waals surface area contributed by atoms with Crippen LogP contribution in [0.15, 0.2) is 29.0 Å². The molecule has 27 heavy (non-hydrogen) atoms. The van der Waals surface area contributed by atoms with Crippen molar-refractivity contribution in [3.8, 4) is 12.1 Å². The number of halogens is 3. The zero-order valence-corrected chi connectivity index (χ0v) is 17.6. The van der Waals surface area contributed by atoms with Crippen LogP contribution in [0.3, 0.4) is 0 Å². The minimum absolute atomic E-state index is 0.112. The molecule has 0 aliphatic heterocycles. The highest BCUT2D eigenvalue weighted by atomic mass is 79.9. The Morgan fingerprint density at radius 3 is 2.07 bits per heavy atom. The number of hydrogen-bond acceptors (Lipinski definition) is 6. The van der Waals surface area contributed by atoms with Gasteiger partial charge in [0.05, 0.1) is 21.9 Å². The van der Waals surface area contributed by atoms with Crippen LogP contribution >= 0.6 is 39.1 Å². The molecule has 0 atom stereocenters. The maximum Gasteiger partial charge on any atom is 0.412 e. The van der Waals surface area contributed by atoms with Gasteiger partial charge in [-0.3, -0.25) is 5.32 Å². The molecule has 0 fully saturated rings. The largest absolute Gasteiger partial charge is 0.444 e. The van der Waals surface area contributed by atoms with Gasteiger partial charge in [0.25, 0.3) is 0 Å².